The molecule has 0 aliphatic carbocycles. The van der Waals surface area contributed by atoms with E-state index in [-0.39, 0.29) is 29.9 Å². The molecule has 0 saturated carbocycles. The standard InChI is InChI=1S/C18H37N7O.HI/c1-19-18(20-14-16-15-22(4)8-9-23(16)5)25-12-10-24(11-13-25)7-6-17(26)21(2)3;/h16H,6-15H2,1-5H3,(H,19,20);1H. The number of nitrogens with zero attached hydrogens (tertiary/aromatic N) is 6. The highest BCUT2D eigenvalue weighted by Gasteiger charge is 2.24. The molecule has 9 heteroatoms. The highest BCUT2D eigenvalue weighted by atomic mass is 127. The summed E-state index contributed by atoms with van der Waals surface area (Å²) >= 11 is 0. The molecule has 2 rings (SSSR count). The van der Waals surface area contributed by atoms with Crippen molar-refractivity contribution in [2.75, 3.05) is 94.1 Å². The minimum absolute atomic E-state index is 0. The van der Waals surface area contributed by atoms with Gasteiger partial charge in [-0.3, -0.25) is 19.6 Å². The lowest BCUT2D eigenvalue weighted by molar-refractivity contribution is -0.129. The zero-order valence-corrected chi connectivity index (χ0v) is 20.0. The minimum Gasteiger partial charge on any atom is -0.355 e. The molecule has 2 heterocycles. The maximum absolute atomic E-state index is 11.7. The smallest absolute Gasteiger partial charge is 0.223 e. The van der Waals surface area contributed by atoms with E-state index in [0.29, 0.717) is 12.5 Å². The number of carbonyl (C=O) groups excluding carboxylic acids is 1. The molecule has 0 spiro atoms. The molecule has 0 aromatic heterocycles. The van der Waals surface area contributed by atoms with E-state index in [2.05, 4.69) is 44.0 Å². The van der Waals surface area contributed by atoms with Crippen LogP contribution in [-0.4, -0.2) is 137 Å². The van der Waals surface area contributed by atoms with Gasteiger partial charge in [-0.1, -0.05) is 0 Å². The third-order valence-electron chi connectivity index (χ3n) is 5.50. The lowest BCUT2D eigenvalue weighted by Crippen LogP contribution is -2.57. The number of aliphatic imine (C=N–C) groups is 1. The van der Waals surface area contributed by atoms with E-state index in [1.807, 2.05) is 21.1 Å². The van der Waals surface area contributed by atoms with Crippen LogP contribution in [0, 0.1) is 0 Å². The second-order valence-corrected chi connectivity index (χ2v) is 7.69. The molecule has 0 aromatic rings. The summed E-state index contributed by atoms with van der Waals surface area (Å²) in [5.74, 6) is 1.20. The SMILES string of the molecule is CN=C(NCC1CN(C)CCN1C)N1CCN(CCC(=O)N(C)C)CC1.I. The van der Waals surface area contributed by atoms with Gasteiger partial charge in [0.15, 0.2) is 5.96 Å². The van der Waals surface area contributed by atoms with Crippen LogP contribution in [0.2, 0.25) is 0 Å². The first kappa shape index (κ1) is 24.4. The van der Waals surface area contributed by atoms with Crippen molar-refractivity contribution >= 4 is 35.8 Å². The highest BCUT2D eigenvalue weighted by molar-refractivity contribution is 14.0. The van der Waals surface area contributed by atoms with Crippen LogP contribution in [0.25, 0.3) is 0 Å². The second-order valence-electron chi connectivity index (χ2n) is 7.69. The maximum atomic E-state index is 11.7. The Kier molecular flexibility index (Phi) is 10.9. The van der Waals surface area contributed by atoms with Gasteiger partial charge in [-0.25, -0.2) is 0 Å². The maximum Gasteiger partial charge on any atom is 0.223 e. The molecule has 1 N–H and O–H groups in total. The Labute approximate surface area is 181 Å². The number of amides is 1. The number of hydrogen-bond donors (Lipinski definition) is 1. The van der Waals surface area contributed by atoms with Crippen molar-refractivity contribution in [1.29, 1.82) is 0 Å². The van der Waals surface area contributed by atoms with E-state index < -0.39 is 0 Å². The Morgan fingerprint density at radius 2 is 1.78 bits per heavy atom. The number of nitrogens with one attached hydrogen (secondary N) is 1. The average Bonchev–Trinajstić information content (AvgIpc) is 2.63. The first-order valence-electron chi connectivity index (χ1n) is 9.67. The molecule has 158 valence electrons. The zero-order chi connectivity index (χ0) is 19.1. The number of likely N-dealkylation sites (N-methyl/N-ethyl adjacent to an activating group) is 2. The summed E-state index contributed by atoms with van der Waals surface area (Å²) in [5, 5.41) is 3.57. The number of piperazine rings is 2. The molecule has 2 saturated heterocycles. The third-order valence-corrected chi connectivity index (χ3v) is 5.50. The van der Waals surface area contributed by atoms with Crippen LogP contribution < -0.4 is 5.32 Å². The van der Waals surface area contributed by atoms with Gasteiger partial charge in [0.05, 0.1) is 0 Å². The van der Waals surface area contributed by atoms with Crippen molar-refractivity contribution in [3.8, 4) is 0 Å². The van der Waals surface area contributed by atoms with Crippen molar-refractivity contribution in [1.82, 2.24) is 29.8 Å². The van der Waals surface area contributed by atoms with E-state index in [1.165, 1.54) is 0 Å². The topological polar surface area (TPSA) is 57.7 Å². The van der Waals surface area contributed by atoms with Crippen LogP contribution in [0.1, 0.15) is 6.42 Å². The van der Waals surface area contributed by atoms with Gasteiger partial charge in [0, 0.05) is 92.5 Å². The molecular weight excluding hydrogens is 457 g/mol. The predicted octanol–water partition coefficient (Wildman–Crippen LogP) is -0.478. The van der Waals surface area contributed by atoms with E-state index >= 15 is 0 Å². The Hall–Kier alpha value is -0.650. The van der Waals surface area contributed by atoms with Crippen molar-refractivity contribution in [2.45, 2.75) is 12.5 Å². The van der Waals surface area contributed by atoms with Crippen LogP contribution in [0.15, 0.2) is 4.99 Å². The summed E-state index contributed by atoms with van der Waals surface area (Å²) in [5.41, 5.74) is 0. The molecule has 1 unspecified atom stereocenters. The van der Waals surface area contributed by atoms with Crippen molar-refractivity contribution in [2.24, 2.45) is 4.99 Å². The molecule has 0 aromatic carbocycles. The zero-order valence-electron chi connectivity index (χ0n) is 17.6. The molecule has 2 aliphatic rings. The second kappa shape index (κ2) is 12.0. The number of halogens is 1. The fourth-order valence-corrected chi connectivity index (χ4v) is 3.52. The van der Waals surface area contributed by atoms with Crippen LogP contribution in [0.3, 0.4) is 0 Å². The van der Waals surface area contributed by atoms with Crippen molar-refractivity contribution in [3.05, 3.63) is 0 Å². The number of hydrogen-bond acceptors (Lipinski definition) is 5. The predicted molar refractivity (Wildman–Crippen MR) is 122 cm³/mol. The minimum atomic E-state index is 0. The van der Waals surface area contributed by atoms with Crippen LogP contribution in [-0.2, 0) is 4.79 Å². The Balaban J connectivity index is 0.00000364. The van der Waals surface area contributed by atoms with Crippen molar-refractivity contribution < 1.29 is 4.79 Å². The van der Waals surface area contributed by atoms with Gasteiger partial charge in [-0.2, -0.15) is 0 Å². The quantitative estimate of drug-likeness (QED) is 0.316. The van der Waals surface area contributed by atoms with E-state index in [9.17, 15) is 4.79 Å². The fraction of sp³-hybridized carbons (Fsp3) is 0.889. The molecule has 1 amide bonds. The molecule has 2 aliphatic heterocycles. The highest BCUT2D eigenvalue weighted by Crippen LogP contribution is 2.07. The van der Waals surface area contributed by atoms with Crippen LogP contribution in [0.4, 0.5) is 0 Å². The Bertz CT molecular complexity index is 480. The Morgan fingerprint density at radius 1 is 1.11 bits per heavy atom. The van der Waals surface area contributed by atoms with Crippen LogP contribution >= 0.6 is 24.0 Å². The number of carbonyl (C=O) groups is 1. The summed E-state index contributed by atoms with van der Waals surface area (Å²) < 4.78 is 0. The summed E-state index contributed by atoms with van der Waals surface area (Å²) in [6.45, 7) is 8.98. The molecular formula is C18H38IN7O. The van der Waals surface area contributed by atoms with Gasteiger partial charge in [-0.15, -0.1) is 24.0 Å². The first-order valence-corrected chi connectivity index (χ1v) is 9.67. The molecule has 8 nitrogen and oxygen atoms in total. The number of rotatable bonds is 5. The van der Waals surface area contributed by atoms with Gasteiger partial charge in [-0.05, 0) is 14.1 Å². The summed E-state index contributed by atoms with van der Waals surface area (Å²) in [6, 6.07) is 0.517. The molecule has 1 atom stereocenters. The van der Waals surface area contributed by atoms with Gasteiger partial charge in [0.1, 0.15) is 0 Å². The lowest BCUT2D eigenvalue weighted by atomic mass is 10.2. The normalized spacial score (nSPS) is 23.1. The van der Waals surface area contributed by atoms with Gasteiger partial charge in [0.25, 0.3) is 0 Å². The molecule has 0 radical (unpaired) electrons. The summed E-state index contributed by atoms with van der Waals surface area (Å²) in [6.07, 6.45) is 0.599. The Morgan fingerprint density at radius 3 is 2.37 bits per heavy atom. The van der Waals surface area contributed by atoms with E-state index in [0.717, 1.165) is 64.9 Å². The summed E-state index contributed by atoms with van der Waals surface area (Å²) in [7, 11) is 9.89. The van der Waals surface area contributed by atoms with E-state index in [4.69, 9.17) is 0 Å². The molecule has 27 heavy (non-hydrogen) atoms. The average molecular weight is 495 g/mol. The van der Waals surface area contributed by atoms with Crippen LogP contribution in [0.5, 0.6) is 0 Å². The fourth-order valence-electron chi connectivity index (χ4n) is 3.52. The first-order chi connectivity index (χ1) is 12.4. The summed E-state index contributed by atoms with van der Waals surface area (Å²) in [4.78, 5) is 27.4. The lowest BCUT2D eigenvalue weighted by Gasteiger charge is -2.40. The monoisotopic (exact) mass is 495 g/mol. The van der Waals surface area contributed by atoms with Crippen molar-refractivity contribution in [3.63, 3.8) is 0 Å². The van der Waals surface area contributed by atoms with Gasteiger partial charge < -0.3 is 20.0 Å². The number of guanidine groups is 1. The molecule has 2 fully saturated rings. The van der Waals surface area contributed by atoms with E-state index in [1.54, 1.807) is 4.90 Å². The van der Waals surface area contributed by atoms with Gasteiger partial charge >= 0.3 is 0 Å². The molecule has 0 bridgehead atoms. The van der Waals surface area contributed by atoms with Gasteiger partial charge in [0.2, 0.25) is 5.91 Å². The third kappa shape index (κ3) is 7.71. The largest absolute Gasteiger partial charge is 0.355 e.